The first-order chi connectivity index (χ1) is 8.85. The van der Waals surface area contributed by atoms with Crippen LogP contribution in [0.4, 0.5) is 0 Å². The van der Waals surface area contributed by atoms with E-state index >= 15 is 0 Å². The van der Waals surface area contributed by atoms with Crippen molar-refractivity contribution in [2.24, 2.45) is 10.9 Å². The van der Waals surface area contributed by atoms with Gasteiger partial charge in [-0.1, -0.05) is 13.8 Å². The van der Waals surface area contributed by atoms with E-state index in [0.717, 1.165) is 12.3 Å². The van der Waals surface area contributed by atoms with E-state index in [-0.39, 0.29) is 24.0 Å². The molecule has 0 aromatic carbocycles. The molecule has 0 aliphatic rings. The Balaban J connectivity index is 0.00000361. The first-order valence-electron chi connectivity index (χ1n) is 6.59. The Bertz CT molecular complexity index is 428. The van der Waals surface area contributed by atoms with Crippen molar-refractivity contribution in [1.29, 1.82) is 0 Å². The Morgan fingerprint density at radius 1 is 1.40 bits per heavy atom. The highest BCUT2D eigenvalue weighted by Gasteiger charge is 2.26. The van der Waals surface area contributed by atoms with Gasteiger partial charge in [0.25, 0.3) is 0 Å². The van der Waals surface area contributed by atoms with Gasteiger partial charge in [-0.3, -0.25) is 4.99 Å². The lowest BCUT2D eigenvalue weighted by atomic mass is 10.0. The zero-order chi connectivity index (χ0) is 14.5. The Morgan fingerprint density at radius 3 is 2.50 bits per heavy atom. The fraction of sp³-hybridized carbons (Fsp3) is 0.643. The molecule has 0 saturated heterocycles. The van der Waals surface area contributed by atoms with Crippen LogP contribution in [0.3, 0.4) is 0 Å². The second-order valence-electron chi connectivity index (χ2n) is 5.38. The van der Waals surface area contributed by atoms with Gasteiger partial charge in [0, 0.05) is 13.6 Å². The predicted octanol–water partition coefficient (Wildman–Crippen LogP) is 2.23. The maximum atomic E-state index is 10.4. The van der Waals surface area contributed by atoms with Crippen molar-refractivity contribution in [1.82, 2.24) is 10.6 Å². The van der Waals surface area contributed by atoms with Crippen LogP contribution in [0.25, 0.3) is 0 Å². The molecule has 0 amide bonds. The van der Waals surface area contributed by atoms with E-state index in [1.165, 1.54) is 0 Å². The third kappa shape index (κ3) is 6.13. The highest BCUT2D eigenvalue weighted by molar-refractivity contribution is 14.0. The number of furan rings is 1. The van der Waals surface area contributed by atoms with Gasteiger partial charge in [0.15, 0.2) is 5.96 Å². The van der Waals surface area contributed by atoms with Crippen molar-refractivity contribution in [3.05, 3.63) is 23.7 Å². The van der Waals surface area contributed by atoms with E-state index in [2.05, 4.69) is 29.5 Å². The molecule has 1 rings (SSSR count). The van der Waals surface area contributed by atoms with Crippen LogP contribution in [0.2, 0.25) is 0 Å². The van der Waals surface area contributed by atoms with Crippen LogP contribution in [-0.2, 0) is 5.60 Å². The summed E-state index contributed by atoms with van der Waals surface area (Å²) in [6.07, 6.45) is 0. The summed E-state index contributed by atoms with van der Waals surface area (Å²) >= 11 is 0. The lowest BCUT2D eigenvalue weighted by molar-refractivity contribution is 0.0378. The molecule has 0 spiro atoms. The number of aliphatic hydroxyl groups is 1. The number of halogens is 1. The third-order valence-corrected chi connectivity index (χ3v) is 2.77. The van der Waals surface area contributed by atoms with Crippen LogP contribution < -0.4 is 10.6 Å². The number of nitrogens with one attached hydrogen (secondary N) is 2. The first-order valence-corrected chi connectivity index (χ1v) is 6.59. The summed E-state index contributed by atoms with van der Waals surface area (Å²) < 4.78 is 5.46. The molecule has 1 aromatic heterocycles. The maximum Gasteiger partial charge on any atom is 0.191 e. The highest BCUT2D eigenvalue weighted by Crippen LogP contribution is 2.21. The molecular weight excluding hydrogens is 369 g/mol. The number of rotatable bonds is 5. The van der Waals surface area contributed by atoms with Crippen LogP contribution in [0, 0.1) is 12.8 Å². The van der Waals surface area contributed by atoms with Crippen molar-refractivity contribution < 1.29 is 9.52 Å². The summed E-state index contributed by atoms with van der Waals surface area (Å²) in [7, 11) is 1.71. The van der Waals surface area contributed by atoms with Crippen molar-refractivity contribution >= 4 is 29.9 Å². The molecule has 5 nitrogen and oxygen atoms in total. The monoisotopic (exact) mass is 395 g/mol. The molecule has 20 heavy (non-hydrogen) atoms. The molecule has 1 unspecified atom stereocenters. The summed E-state index contributed by atoms with van der Waals surface area (Å²) in [4.78, 5) is 4.11. The number of guanidine groups is 1. The normalized spacial score (nSPS) is 14.7. The molecule has 3 N–H and O–H groups in total. The Kier molecular flexibility index (Phi) is 8.19. The molecule has 0 fully saturated rings. The Labute approximate surface area is 138 Å². The van der Waals surface area contributed by atoms with Gasteiger partial charge in [-0.25, -0.2) is 0 Å². The molecule has 1 atom stereocenters. The minimum Gasteiger partial charge on any atom is -0.463 e. The third-order valence-electron chi connectivity index (χ3n) is 2.77. The van der Waals surface area contributed by atoms with E-state index in [4.69, 9.17) is 4.42 Å². The van der Waals surface area contributed by atoms with Crippen LogP contribution in [0.15, 0.2) is 21.5 Å². The fourth-order valence-electron chi connectivity index (χ4n) is 1.59. The van der Waals surface area contributed by atoms with E-state index in [0.29, 0.717) is 24.2 Å². The smallest absolute Gasteiger partial charge is 0.191 e. The number of aryl methyl sites for hydroxylation is 1. The van der Waals surface area contributed by atoms with E-state index < -0.39 is 5.60 Å². The standard InChI is InChI=1S/C14H25N3O2.HI/c1-10(2)8-16-13(15-5)17-9-14(4,18)12-7-6-11(3)19-12;/h6-7,10,18H,8-9H2,1-5H3,(H2,15,16,17);1H. The van der Waals surface area contributed by atoms with Crippen molar-refractivity contribution in [3.63, 3.8) is 0 Å². The molecule has 116 valence electrons. The van der Waals surface area contributed by atoms with Gasteiger partial charge < -0.3 is 20.2 Å². The summed E-state index contributed by atoms with van der Waals surface area (Å²) in [5.41, 5.74) is -1.07. The minimum absolute atomic E-state index is 0. The Hall–Kier alpha value is -0.760. The SMILES string of the molecule is CN=C(NCC(C)C)NCC(C)(O)c1ccc(C)o1.I. The minimum atomic E-state index is -1.07. The number of hydrogen-bond acceptors (Lipinski definition) is 3. The zero-order valence-electron chi connectivity index (χ0n) is 12.9. The predicted molar refractivity (Wildman–Crippen MR) is 92.6 cm³/mol. The lowest BCUT2D eigenvalue weighted by Crippen LogP contribution is -2.45. The number of aliphatic imine (C=N–C) groups is 1. The van der Waals surface area contributed by atoms with Crippen molar-refractivity contribution in [2.45, 2.75) is 33.3 Å². The zero-order valence-corrected chi connectivity index (χ0v) is 15.2. The van der Waals surface area contributed by atoms with Crippen LogP contribution >= 0.6 is 24.0 Å². The molecule has 0 radical (unpaired) electrons. The van der Waals surface area contributed by atoms with Gasteiger partial charge in [0.2, 0.25) is 0 Å². The number of nitrogens with zero attached hydrogens (tertiary/aromatic N) is 1. The van der Waals surface area contributed by atoms with E-state index in [9.17, 15) is 5.11 Å². The second kappa shape index (κ2) is 8.51. The van der Waals surface area contributed by atoms with Gasteiger partial charge in [-0.2, -0.15) is 0 Å². The molecule has 1 aromatic rings. The molecule has 0 saturated carbocycles. The van der Waals surface area contributed by atoms with Gasteiger partial charge in [-0.05, 0) is 31.9 Å². The second-order valence-corrected chi connectivity index (χ2v) is 5.38. The van der Waals surface area contributed by atoms with Crippen LogP contribution in [-0.4, -0.2) is 31.2 Å². The molecule has 1 heterocycles. The molecule has 0 aliphatic carbocycles. The first kappa shape index (κ1) is 19.2. The van der Waals surface area contributed by atoms with Gasteiger partial charge >= 0.3 is 0 Å². The fourth-order valence-corrected chi connectivity index (χ4v) is 1.59. The summed E-state index contributed by atoms with van der Waals surface area (Å²) in [5, 5.41) is 16.7. The lowest BCUT2D eigenvalue weighted by Gasteiger charge is -2.23. The van der Waals surface area contributed by atoms with Gasteiger partial charge in [0.05, 0.1) is 6.54 Å². The maximum absolute atomic E-state index is 10.4. The molecule has 0 aliphatic heterocycles. The topological polar surface area (TPSA) is 69.8 Å². The summed E-state index contributed by atoms with van der Waals surface area (Å²) in [6.45, 7) is 8.99. The molecular formula is C14H26IN3O2. The average molecular weight is 395 g/mol. The van der Waals surface area contributed by atoms with E-state index in [1.54, 1.807) is 20.0 Å². The molecule has 0 bridgehead atoms. The van der Waals surface area contributed by atoms with Crippen molar-refractivity contribution in [2.75, 3.05) is 20.1 Å². The van der Waals surface area contributed by atoms with Crippen molar-refractivity contribution in [3.8, 4) is 0 Å². The van der Waals surface area contributed by atoms with Gasteiger partial charge in [-0.15, -0.1) is 24.0 Å². The quantitative estimate of drug-likeness (QED) is 0.406. The number of hydrogen-bond donors (Lipinski definition) is 3. The highest BCUT2D eigenvalue weighted by atomic mass is 127. The molecule has 6 heteroatoms. The largest absolute Gasteiger partial charge is 0.463 e. The van der Waals surface area contributed by atoms with Crippen LogP contribution in [0.1, 0.15) is 32.3 Å². The Morgan fingerprint density at radius 2 is 2.05 bits per heavy atom. The average Bonchev–Trinajstić information content (AvgIpc) is 2.76. The van der Waals surface area contributed by atoms with Crippen LogP contribution in [0.5, 0.6) is 0 Å². The summed E-state index contributed by atoms with van der Waals surface area (Å²) in [5.74, 6) is 2.55. The van der Waals surface area contributed by atoms with E-state index in [1.807, 2.05) is 13.0 Å². The summed E-state index contributed by atoms with van der Waals surface area (Å²) in [6, 6.07) is 3.64. The van der Waals surface area contributed by atoms with Gasteiger partial charge in [0.1, 0.15) is 17.1 Å².